The van der Waals surface area contributed by atoms with E-state index in [9.17, 15) is 4.79 Å². The maximum Gasteiger partial charge on any atom is 0.326 e. The van der Waals surface area contributed by atoms with Crippen LogP contribution in [0.25, 0.3) is 0 Å². The molecule has 0 aliphatic heterocycles. The van der Waals surface area contributed by atoms with Gasteiger partial charge in [0.05, 0.1) is 11.4 Å². The maximum atomic E-state index is 12.8. The molecule has 0 heterocycles. The second kappa shape index (κ2) is 12.1. The van der Waals surface area contributed by atoms with E-state index in [1.165, 1.54) is 44.9 Å². The van der Waals surface area contributed by atoms with Gasteiger partial charge in [-0.25, -0.2) is 4.79 Å². The molecule has 2 rings (SSSR count). The number of amides is 2. The molecule has 0 fully saturated rings. The summed E-state index contributed by atoms with van der Waals surface area (Å²) >= 11 is 0. The Morgan fingerprint density at radius 2 is 1.19 bits per heavy atom. The highest BCUT2D eigenvalue weighted by molar-refractivity contribution is 5.99. The minimum atomic E-state index is -0.0645. The average molecular weight is 353 g/mol. The second-order valence-electron chi connectivity index (χ2n) is 6.71. The van der Waals surface area contributed by atoms with Gasteiger partial charge in [0.15, 0.2) is 0 Å². The average Bonchev–Trinajstić information content (AvgIpc) is 2.68. The lowest BCUT2D eigenvalue weighted by Gasteiger charge is -2.23. The Balaban J connectivity index is 1.79. The van der Waals surface area contributed by atoms with Gasteiger partial charge in [-0.05, 0) is 30.7 Å². The number of unbranched alkanes of at least 4 members (excludes halogenated alkanes) is 7. The van der Waals surface area contributed by atoms with Gasteiger partial charge in [-0.1, -0.05) is 88.3 Å². The molecule has 3 nitrogen and oxygen atoms in total. The SMILES string of the molecule is CCCCCCCCCCNC(=O)N(c1ccccc1)c1ccccc1. The van der Waals surface area contributed by atoms with Crippen LogP contribution in [0.2, 0.25) is 0 Å². The van der Waals surface area contributed by atoms with Crippen LogP contribution >= 0.6 is 0 Å². The molecule has 0 radical (unpaired) electrons. The molecule has 140 valence electrons. The van der Waals surface area contributed by atoms with E-state index in [-0.39, 0.29) is 6.03 Å². The van der Waals surface area contributed by atoms with Crippen LogP contribution in [0.1, 0.15) is 58.3 Å². The number of hydrogen-bond donors (Lipinski definition) is 1. The van der Waals surface area contributed by atoms with Crippen LogP contribution in [0.4, 0.5) is 16.2 Å². The molecule has 26 heavy (non-hydrogen) atoms. The lowest BCUT2D eigenvalue weighted by molar-refractivity contribution is 0.248. The molecule has 2 amide bonds. The van der Waals surface area contributed by atoms with Gasteiger partial charge < -0.3 is 5.32 Å². The maximum absolute atomic E-state index is 12.8. The predicted molar refractivity (Wildman–Crippen MR) is 111 cm³/mol. The Morgan fingerprint density at radius 3 is 1.69 bits per heavy atom. The van der Waals surface area contributed by atoms with E-state index in [1.54, 1.807) is 4.90 Å². The second-order valence-corrected chi connectivity index (χ2v) is 6.71. The van der Waals surface area contributed by atoms with Crippen molar-refractivity contribution in [2.24, 2.45) is 0 Å². The van der Waals surface area contributed by atoms with Gasteiger partial charge in [0.1, 0.15) is 0 Å². The van der Waals surface area contributed by atoms with Crippen molar-refractivity contribution in [1.29, 1.82) is 0 Å². The van der Waals surface area contributed by atoms with Crippen molar-refractivity contribution in [2.45, 2.75) is 58.3 Å². The van der Waals surface area contributed by atoms with Crippen LogP contribution in [-0.4, -0.2) is 12.6 Å². The van der Waals surface area contributed by atoms with Crippen molar-refractivity contribution in [3.05, 3.63) is 60.7 Å². The molecule has 2 aromatic carbocycles. The van der Waals surface area contributed by atoms with Gasteiger partial charge in [0.25, 0.3) is 0 Å². The molecule has 2 aromatic rings. The Labute approximate surface area is 158 Å². The standard InChI is InChI=1S/C23H32N2O/c1-2-3-4-5-6-7-8-15-20-24-23(26)25(21-16-11-9-12-17-21)22-18-13-10-14-19-22/h9-14,16-19H,2-8,15,20H2,1H3,(H,24,26). The van der Waals surface area contributed by atoms with Crippen molar-refractivity contribution in [3.8, 4) is 0 Å². The Morgan fingerprint density at radius 1 is 0.731 bits per heavy atom. The highest BCUT2D eigenvalue weighted by Crippen LogP contribution is 2.24. The summed E-state index contributed by atoms with van der Waals surface area (Å²) in [5.74, 6) is 0. The topological polar surface area (TPSA) is 32.3 Å². The van der Waals surface area contributed by atoms with Crippen LogP contribution in [-0.2, 0) is 0 Å². The minimum Gasteiger partial charge on any atom is -0.337 e. The number of urea groups is 1. The van der Waals surface area contributed by atoms with Gasteiger partial charge in [0, 0.05) is 6.54 Å². The number of nitrogens with one attached hydrogen (secondary N) is 1. The van der Waals surface area contributed by atoms with Gasteiger partial charge in [-0.3, -0.25) is 4.90 Å². The van der Waals surface area contributed by atoms with Crippen molar-refractivity contribution in [2.75, 3.05) is 11.4 Å². The van der Waals surface area contributed by atoms with E-state index in [2.05, 4.69) is 12.2 Å². The Kier molecular flexibility index (Phi) is 9.34. The van der Waals surface area contributed by atoms with Crippen molar-refractivity contribution < 1.29 is 4.79 Å². The lowest BCUT2D eigenvalue weighted by atomic mass is 10.1. The first kappa shape index (κ1) is 20.0. The zero-order valence-corrected chi connectivity index (χ0v) is 16.0. The fourth-order valence-corrected chi connectivity index (χ4v) is 3.07. The molecular formula is C23H32N2O. The van der Waals surface area contributed by atoms with E-state index < -0.39 is 0 Å². The number of rotatable bonds is 11. The van der Waals surface area contributed by atoms with E-state index >= 15 is 0 Å². The van der Waals surface area contributed by atoms with Crippen LogP contribution in [0, 0.1) is 0 Å². The normalized spacial score (nSPS) is 10.5. The van der Waals surface area contributed by atoms with E-state index in [0.29, 0.717) is 0 Å². The predicted octanol–water partition coefficient (Wildman–Crippen LogP) is 6.68. The molecule has 0 spiro atoms. The number of benzene rings is 2. The zero-order chi connectivity index (χ0) is 18.5. The van der Waals surface area contributed by atoms with Crippen molar-refractivity contribution in [3.63, 3.8) is 0 Å². The quantitative estimate of drug-likeness (QED) is 0.450. The Hall–Kier alpha value is -2.29. The lowest BCUT2D eigenvalue weighted by Crippen LogP contribution is -2.37. The fourth-order valence-electron chi connectivity index (χ4n) is 3.07. The van der Waals surface area contributed by atoms with Gasteiger partial charge in [-0.2, -0.15) is 0 Å². The van der Waals surface area contributed by atoms with Crippen LogP contribution in [0.15, 0.2) is 60.7 Å². The number of para-hydroxylation sites is 2. The van der Waals surface area contributed by atoms with E-state index in [1.807, 2.05) is 60.7 Å². The van der Waals surface area contributed by atoms with Crippen molar-refractivity contribution in [1.82, 2.24) is 5.32 Å². The molecule has 0 aliphatic rings. The van der Waals surface area contributed by atoms with E-state index in [0.717, 1.165) is 24.3 Å². The molecule has 0 aromatic heterocycles. The minimum absolute atomic E-state index is 0.0645. The largest absolute Gasteiger partial charge is 0.337 e. The summed E-state index contributed by atoms with van der Waals surface area (Å²) in [6.45, 7) is 2.97. The zero-order valence-electron chi connectivity index (χ0n) is 16.0. The molecule has 0 saturated heterocycles. The third kappa shape index (κ3) is 6.91. The first-order valence-electron chi connectivity index (χ1n) is 10.0. The summed E-state index contributed by atoms with van der Waals surface area (Å²) in [5.41, 5.74) is 1.76. The highest BCUT2D eigenvalue weighted by atomic mass is 16.2. The molecule has 0 unspecified atom stereocenters. The fraction of sp³-hybridized carbons (Fsp3) is 0.435. The molecule has 0 saturated carbocycles. The summed E-state index contributed by atoms with van der Waals surface area (Å²) in [7, 11) is 0. The summed E-state index contributed by atoms with van der Waals surface area (Å²) in [6, 6.07) is 19.5. The van der Waals surface area contributed by atoms with E-state index in [4.69, 9.17) is 0 Å². The molecule has 0 bridgehead atoms. The van der Waals surface area contributed by atoms with Crippen LogP contribution < -0.4 is 10.2 Å². The van der Waals surface area contributed by atoms with Gasteiger partial charge in [0.2, 0.25) is 0 Å². The molecule has 1 N–H and O–H groups in total. The highest BCUT2D eigenvalue weighted by Gasteiger charge is 2.16. The number of hydrogen-bond acceptors (Lipinski definition) is 1. The summed E-state index contributed by atoms with van der Waals surface area (Å²) in [5, 5.41) is 3.08. The van der Waals surface area contributed by atoms with Gasteiger partial charge in [-0.15, -0.1) is 0 Å². The first-order chi connectivity index (χ1) is 12.8. The van der Waals surface area contributed by atoms with Crippen molar-refractivity contribution >= 4 is 17.4 Å². The number of carbonyl (C=O) groups excluding carboxylic acids is 1. The summed E-state index contributed by atoms with van der Waals surface area (Å²) in [4.78, 5) is 14.5. The summed E-state index contributed by atoms with van der Waals surface area (Å²) < 4.78 is 0. The molecule has 0 atom stereocenters. The molecule has 0 aliphatic carbocycles. The third-order valence-corrected chi connectivity index (χ3v) is 4.54. The monoisotopic (exact) mass is 352 g/mol. The number of nitrogens with zero attached hydrogens (tertiary/aromatic N) is 1. The first-order valence-corrected chi connectivity index (χ1v) is 10.0. The van der Waals surface area contributed by atoms with Gasteiger partial charge >= 0.3 is 6.03 Å². The number of anilines is 2. The third-order valence-electron chi connectivity index (χ3n) is 4.54. The Bertz CT molecular complexity index is 573. The summed E-state index contributed by atoms with van der Waals surface area (Å²) in [6.07, 6.45) is 10.2. The van der Waals surface area contributed by atoms with Crippen LogP contribution in [0.3, 0.4) is 0 Å². The smallest absolute Gasteiger partial charge is 0.326 e. The van der Waals surface area contributed by atoms with Crippen LogP contribution in [0.5, 0.6) is 0 Å². The number of carbonyl (C=O) groups is 1. The molecular weight excluding hydrogens is 320 g/mol. The molecule has 3 heteroatoms.